The Morgan fingerprint density at radius 3 is 2.29 bits per heavy atom. The summed E-state index contributed by atoms with van der Waals surface area (Å²) in [7, 11) is 1.57. The molecule has 0 saturated carbocycles. The van der Waals surface area contributed by atoms with Crippen LogP contribution in [0.1, 0.15) is 35.3 Å². The minimum absolute atomic E-state index is 0.236. The molecular weight excluding hydrogens is 347 g/mol. The van der Waals surface area contributed by atoms with Crippen molar-refractivity contribution in [1.29, 1.82) is 0 Å². The van der Waals surface area contributed by atoms with Crippen molar-refractivity contribution in [1.82, 2.24) is 0 Å². The lowest BCUT2D eigenvalue weighted by molar-refractivity contribution is 0.103. The van der Waals surface area contributed by atoms with Crippen LogP contribution in [0.3, 0.4) is 0 Å². The summed E-state index contributed by atoms with van der Waals surface area (Å²) in [4.78, 5) is 12.9. The van der Waals surface area contributed by atoms with Crippen LogP contribution in [0.5, 0.6) is 11.5 Å². The maximum atomic E-state index is 12.9. The largest absolute Gasteiger partial charge is 0.493 e. The van der Waals surface area contributed by atoms with Gasteiger partial charge in [-0.15, -0.1) is 0 Å². The van der Waals surface area contributed by atoms with Crippen LogP contribution in [0.4, 0.5) is 0 Å². The summed E-state index contributed by atoms with van der Waals surface area (Å²) in [5.41, 5.74) is 1.55. The van der Waals surface area contributed by atoms with E-state index in [9.17, 15) is 4.79 Å². The number of carbonyl (C=O) groups is 1. The quantitative estimate of drug-likeness (QED) is 0.626. The van der Waals surface area contributed by atoms with Crippen LogP contribution in [0.25, 0.3) is 0 Å². The number of hydrogen-bond donors (Lipinski definition) is 0. The fourth-order valence-corrected chi connectivity index (χ4v) is 2.85. The van der Waals surface area contributed by atoms with E-state index < -0.39 is 0 Å². The molecule has 0 amide bonds. The van der Waals surface area contributed by atoms with E-state index in [4.69, 9.17) is 32.7 Å². The summed E-state index contributed by atoms with van der Waals surface area (Å²) in [5, 5.41) is 0.653. The average Bonchev–Trinajstić information content (AvgIpc) is 2.52. The smallest absolute Gasteiger partial charge is 0.196 e. The third-order valence-electron chi connectivity index (χ3n) is 3.52. The van der Waals surface area contributed by atoms with Crippen LogP contribution in [-0.2, 0) is 0 Å². The first-order chi connectivity index (χ1) is 11.3. The van der Waals surface area contributed by atoms with E-state index >= 15 is 0 Å². The first-order valence-electron chi connectivity index (χ1n) is 7.65. The molecule has 0 bridgehead atoms. The number of rotatable bonds is 6. The molecule has 2 rings (SSSR count). The van der Waals surface area contributed by atoms with Crippen LogP contribution in [0, 0.1) is 12.8 Å². The Balaban J connectivity index is 2.49. The van der Waals surface area contributed by atoms with E-state index in [-0.39, 0.29) is 5.78 Å². The fraction of sp³-hybridized carbons (Fsp3) is 0.316. The summed E-state index contributed by atoms with van der Waals surface area (Å²) in [6, 6.07) is 8.48. The first-order valence-corrected chi connectivity index (χ1v) is 8.40. The maximum absolute atomic E-state index is 12.9. The van der Waals surface area contributed by atoms with Gasteiger partial charge in [-0.1, -0.05) is 43.1 Å². The Morgan fingerprint density at radius 1 is 1.12 bits per heavy atom. The molecule has 0 aliphatic rings. The highest BCUT2D eigenvalue weighted by atomic mass is 35.5. The van der Waals surface area contributed by atoms with Gasteiger partial charge in [0.2, 0.25) is 0 Å². The van der Waals surface area contributed by atoms with E-state index in [1.165, 1.54) is 0 Å². The predicted octanol–water partition coefficient (Wildman–Crippen LogP) is 5.58. The number of carbonyl (C=O) groups excluding carboxylic acids is 1. The van der Waals surface area contributed by atoms with Crippen LogP contribution < -0.4 is 9.47 Å². The highest BCUT2D eigenvalue weighted by Crippen LogP contribution is 2.34. The first kappa shape index (κ1) is 18.6. The zero-order chi connectivity index (χ0) is 17.9. The van der Waals surface area contributed by atoms with E-state index in [1.54, 1.807) is 37.4 Å². The van der Waals surface area contributed by atoms with Crippen molar-refractivity contribution in [3.05, 3.63) is 57.1 Å². The van der Waals surface area contributed by atoms with Gasteiger partial charge in [0.05, 0.1) is 29.3 Å². The third kappa shape index (κ3) is 4.03. The van der Waals surface area contributed by atoms with E-state index in [0.717, 1.165) is 5.56 Å². The molecule has 0 aromatic heterocycles. The molecule has 0 atom stereocenters. The highest BCUT2D eigenvalue weighted by Gasteiger charge is 2.21. The molecular formula is C19H20Cl2O3. The molecule has 128 valence electrons. The lowest BCUT2D eigenvalue weighted by Crippen LogP contribution is -2.09. The summed E-state index contributed by atoms with van der Waals surface area (Å²) in [6.45, 7) is 6.47. The molecule has 2 aromatic carbocycles. The second-order valence-electron chi connectivity index (χ2n) is 5.95. The second-order valence-corrected chi connectivity index (χ2v) is 6.76. The molecule has 5 heteroatoms. The van der Waals surface area contributed by atoms with Gasteiger partial charge in [0.25, 0.3) is 0 Å². The molecule has 0 N–H and O–H groups in total. The van der Waals surface area contributed by atoms with Gasteiger partial charge < -0.3 is 9.47 Å². The molecule has 0 aliphatic carbocycles. The van der Waals surface area contributed by atoms with E-state index in [0.29, 0.717) is 45.2 Å². The van der Waals surface area contributed by atoms with E-state index in [2.05, 4.69) is 13.8 Å². The van der Waals surface area contributed by atoms with Gasteiger partial charge in [0.1, 0.15) is 0 Å². The number of aryl methyl sites for hydroxylation is 1. The molecule has 0 unspecified atom stereocenters. The maximum Gasteiger partial charge on any atom is 0.196 e. The number of methoxy groups -OCH3 is 1. The van der Waals surface area contributed by atoms with Crippen molar-refractivity contribution in [2.75, 3.05) is 13.7 Å². The summed E-state index contributed by atoms with van der Waals surface area (Å²) in [5.74, 6) is 1.24. The van der Waals surface area contributed by atoms with Gasteiger partial charge in [-0.25, -0.2) is 0 Å². The lowest BCUT2D eigenvalue weighted by Gasteiger charge is -2.16. The Bertz CT molecular complexity index is 734. The monoisotopic (exact) mass is 366 g/mol. The zero-order valence-electron chi connectivity index (χ0n) is 14.2. The molecule has 0 heterocycles. The van der Waals surface area contributed by atoms with Crippen LogP contribution in [0.15, 0.2) is 30.3 Å². The van der Waals surface area contributed by atoms with Crippen molar-refractivity contribution < 1.29 is 14.3 Å². The second kappa shape index (κ2) is 7.91. The van der Waals surface area contributed by atoms with Crippen LogP contribution in [-0.4, -0.2) is 19.5 Å². The Morgan fingerprint density at radius 2 is 1.75 bits per heavy atom. The number of benzene rings is 2. The normalized spacial score (nSPS) is 10.8. The molecule has 0 radical (unpaired) electrons. The molecule has 0 spiro atoms. The minimum Gasteiger partial charge on any atom is -0.493 e. The summed E-state index contributed by atoms with van der Waals surface area (Å²) >= 11 is 12.3. The lowest BCUT2D eigenvalue weighted by atomic mass is 9.98. The molecule has 3 nitrogen and oxygen atoms in total. The molecule has 0 saturated heterocycles. The third-order valence-corrected chi connectivity index (χ3v) is 4.15. The molecule has 0 aliphatic heterocycles. The van der Waals surface area contributed by atoms with Gasteiger partial charge in [0.15, 0.2) is 17.3 Å². The van der Waals surface area contributed by atoms with Crippen molar-refractivity contribution in [3.8, 4) is 11.5 Å². The number of hydrogen-bond acceptors (Lipinski definition) is 3. The Kier molecular flexibility index (Phi) is 6.14. The molecule has 2 aromatic rings. The summed E-state index contributed by atoms with van der Waals surface area (Å²) < 4.78 is 11.1. The van der Waals surface area contributed by atoms with Gasteiger partial charge in [-0.05, 0) is 42.7 Å². The van der Waals surface area contributed by atoms with Gasteiger partial charge in [-0.3, -0.25) is 4.79 Å². The Hall–Kier alpha value is -1.71. The van der Waals surface area contributed by atoms with Gasteiger partial charge >= 0.3 is 0 Å². The molecule has 0 fully saturated rings. The highest BCUT2D eigenvalue weighted by molar-refractivity contribution is 6.41. The van der Waals surface area contributed by atoms with Gasteiger partial charge in [-0.2, -0.15) is 0 Å². The van der Waals surface area contributed by atoms with Crippen molar-refractivity contribution in [2.45, 2.75) is 20.8 Å². The number of halogens is 2. The Labute approximate surface area is 152 Å². The predicted molar refractivity (Wildman–Crippen MR) is 98.0 cm³/mol. The average molecular weight is 367 g/mol. The number of ketones is 1. The standard InChI is InChI=1S/C19H20Cl2O3/c1-11(2)10-24-17-9-13(12(3)8-16(17)23-4)19(22)18-14(20)6-5-7-15(18)21/h5-9,11H,10H2,1-4H3. The topological polar surface area (TPSA) is 35.5 Å². The zero-order valence-corrected chi connectivity index (χ0v) is 15.7. The number of ether oxygens (including phenoxy) is 2. The van der Waals surface area contributed by atoms with Crippen molar-refractivity contribution in [2.24, 2.45) is 5.92 Å². The van der Waals surface area contributed by atoms with Crippen molar-refractivity contribution >= 4 is 29.0 Å². The SMILES string of the molecule is COc1cc(C)c(C(=O)c2c(Cl)cccc2Cl)cc1OCC(C)C. The van der Waals surface area contributed by atoms with Crippen LogP contribution in [0.2, 0.25) is 10.0 Å². The fourth-order valence-electron chi connectivity index (χ4n) is 2.28. The van der Waals surface area contributed by atoms with Crippen LogP contribution >= 0.6 is 23.2 Å². The summed E-state index contributed by atoms with van der Waals surface area (Å²) in [6.07, 6.45) is 0. The van der Waals surface area contributed by atoms with Crippen molar-refractivity contribution in [3.63, 3.8) is 0 Å². The van der Waals surface area contributed by atoms with Gasteiger partial charge in [0, 0.05) is 5.56 Å². The molecule has 24 heavy (non-hydrogen) atoms. The minimum atomic E-state index is -0.236. The van der Waals surface area contributed by atoms with E-state index in [1.807, 2.05) is 6.92 Å².